The molecule has 0 saturated heterocycles. The topological polar surface area (TPSA) is 0 Å². The molecule has 61 valence electrons. The van der Waals surface area contributed by atoms with E-state index in [0.717, 1.165) is 5.92 Å². The molecule has 0 bridgehead atoms. The largest absolute Gasteiger partial charge is 0.0654 e. The second-order valence-electron chi connectivity index (χ2n) is 3.40. The second-order valence-corrected chi connectivity index (χ2v) is 3.40. The molecule has 0 aliphatic rings. The van der Waals surface area contributed by atoms with E-state index in [4.69, 9.17) is 0 Å². The highest BCUT2D eigenvalue weighted by atomic mass is 14.1. The lowest BCUT2D eigenvalue weighted by atomic mass is 9.92. The van der Waals surface area contributed by atoms with Crippen LogP contribution in [0.3, 0.4) is 0 Å². The van der Waals surface area contributed by atoms with Gasteiger partial charge in [0, 0.05) is 0 Å². The average Bonchev–Trinajstić information content (AvgIpc) is 1.88. The van der Waals surface area contributed by atoms with Crippen molar-refractivity contribution in [1.82, 2.24) is 0 Å². The van der Waals surface area contributed by atoms with E-state index in [1.807, 2.05) is 0 Å². The summed E-state index contributed by atoms with van der Waals surface area (Å²) >= 11 is 0. The van der Waals surface area contributed by atoms with E-state index in [2.05, 4.69) is 27.7 Å². The predicted molar refractivity (Wildman–Crippen MR) is 47.8 cm³/mol. The molecule has 0 saturated carbocycles. The van der Waals surface area contributed by atoms with Gasteiger partial charge in [0.1, 0.15) is 0 Å². The Balaban J connectivity index is 3.27. The van der Waals surface area contributed by atoms with E-state index in [9.17, 15) is 0 Å². The summed E-state index contributed by atoms with van der Waals surface area (Å²) in [5.74, 6) is 1.56. The predicted octanol–water partition coefficient (Wildman–Crippen LogP) is 3.67. The van der Waals surface area contributed by atoms with Crippen LogP contribution in [0.5, 0.6) is 0 Å². The van der Waals surface area contributed by atoms with Crippen molar-refractivity contribution in [1.29, 1.82) is 0 Å². The van der Waals surface area contributed by atoms with Crippen molar-refractivity contribution in [2.75, 3.05) is 0 Å². The normalized spacial score (nSPS) is 16.8. The quantitative estimate of drug-likeness (QED) is 0.548. The highest BCUT2D eigenvalue weighted by molar-refractivity contribution is 4.63. The van der Waals surface area contributed by atoms with Crippen molar-refractivity contribution in [3.05, 3.63) is 6.92 Å². The molecule has 2 unspecified atom stereocenters. The van der Waals surface area contributed by atoms with E-state index in [-0.39, 0.29) is 0 Å². The Morgan fingerprint density at radius 3 is 2.30 bits per heavy atom. The summed E-state index contributed by atoms with van der Waals surface area (Å²) in [6, 6.07) is 0. The van der Waals surface area contributed by atoms with Gasteiger partial charge in [0.15, 0.2) is 0 Å². The van der Waals surface area contributed by atoms with Gasteiger partial charge in [-0.3, -0.25) is 0 Å². The van der Waals surface area contributed by atoms with Crippen LogP contribution < -0.4 is 0 Å². The third-order valence-electron chi connectivity index (χ3n) is 2.09. The van der Waals surface area contributed by atoms with Gasteiger partial charge >= 0.3 is 0 Å². The van der Waals surface area contributed by atoms with Crippen LogP contribution in [0.15, 0.2) is 0 Å². The van der Waals surface area contributed by atoms with Gasteiger partial charge in [0.2, 0.25) is 0 Å². The van der Waals surface area contributed by atoms with E-state index >= 15 is 0 Å². The molecule has 2 atom stereocenters. The summed E-state index contributed by atoms with van der Waals surface area (Å²) in [5.41, 5.74) is 0. The number of hydrogen-bond acceptors (Lipinski definition) is 0. The standard InChI is InChI=1S/C10H21/c1-5-7-10(4)8-9(3)6-2/h9-10H,3,5-8H2,1-2,4H3. The van der Waals surface area contributed by atoms with E-state index in [1.165, 1.54) is 25.7 Å². The van der Waals surface area contributed by atoms with Crippen LogP contribution in [0.25, 0.3) is 0 Å². The first-order valence-corrected chi connectivity index (χ1v) is 4.53. The Morgan fingerprint density at radius 2 is 1.90 bits per heavy atom. The van der Waals surface area contributed by atoms with Gasteiger partial charge in [-0.1, -0.05) is 47.0 Å². The first-order valence-electron chi connectivity index (χ1n) is 4.53. The Hall–Kier alpha value is 0. The highest BCUT2D eigenvalue weighted by Gasteiger charge is 2.05. The number of rotatable bonds is 5. The van der Waals surface area contributed by atoms with Gasteiger partial charge in [-0.25, -0.2) is 0 Å². The fourth-order valence-electron chi connectivity index (χ4n) is 1.35. The van der Waals surface area contributed by atoms with E-state index in [1.54, 1.807) is 0 Å². The summed E-state index contributed by atoms with van der Waals surface area (Å²) in [6.45, 7) is 10.9. The minimum Gasteiger partial charge on any atom is -0.0654 e. The van der Waals surface area contributed by atoms with Gasteiger partial charge in [-0.05, 0) is 18.3 Å². The van der Waals surface area contributed by atoms with Crippen molar-refractivity contribution >= 4 is 0 Å². The average molecular weight is 141 g/mol. The molecular formula is C10H21. The van der Waals surface area contributed by atoms with Crippen LogP contribution in [0.1, 0.15) is 46.5 Å². The van der Waals surface area contributed by atoms with Crippen LogP contribution in [0.2, 0.25) is 0 Å². The lowest BCUT2D eigenvalue weighted by Crippen LogP contribution is -2.01. The summed E-state index contributed by atoms with van der Waals surface area (Å²) < 4.78 is 0. The van der Waals surface area contributed by atoms with Crippen molar-refractivity contribution in [3.8, 4) is 0 Å². The second kappa shape index (κ2) is 5.76. The van der Waals surface area contributed by atoms with E-state index in [0.29, 0.717) is 5.92 Å². The molecule has 0 N–H and O–H groups in total. The van der Waals surface area contributed by atoms with Crippen LogP contribution in [-0.4, -0.2) is 0 Å². The maximum Gasteiger partial charge on any atom is -0.0414 e. The van der Waals surface area contributed by atoms with Crippen LogP contribution in [0, 0.1) is 18.8 Å². The maximum absolute atomic E-state index is 4.08. The molecule has 10 heavy (non-hydrogen) atoms. The van der Waals surface area contributed by atoms with Crippen LogP contribution in [0.4, 0.5) is 0 Å². The minimum atomic E-state index is 0.682. The summed E-state index contributed by atoms with van der Waals surface area (Å²) in [5, 5.41) is 0. The Kier molecular flexibility index (Phi) is 5.76. The van der Waals surface area contributed by atoms with E-state index < -0.39 is 0 Å². The number of hydrogen-bond donors (Lipinski definition) is 0. The molecule has 0 aliphatic carbocycles. The summed E-state index contributed by atoms with van der Waals surface area (Å²) in [4.78, 5) is 0. The molecule has 0 aromatic rings. The molecule has 0 aromatic carbocycles. The molecule has 0 heteroatoms. The molecule has 0 fully saturated rings. The maximum atomic E-state index is 4.08. The molecule has 0 heterocycles. The summed E-state index contributed by atoms with van der Waals surface area (Å²) in [6.07, 6.45) is 5.22. The Morgan fingerprint density at radius 1 is 1.30 bits per heavy atom. The van der Waals surface area contributed by atoms with Crippen molar-refractivity contribution in [3.63, 3.8) is 0 Å². The fourth-order valence-corrected chi connectivity index (χ4v) is 1.35. The zero-order valence-corrected chi connectivity index (χ0v) is 7.69. The highest BCUT2D eigenvalue weighted by Crippen LogP contribution is 2.17. The molecule has 1 radical (unpaired) electrons. The van der Waals surface area contributed by atoms with Gasteiger partial charge in [-0.2, -0.15) is 0 Å². The molecule has 0 rings (SSSR count). The third-order valence-corrected chi connectivity index (χ3v) is 2.09. The van der Waals surface area contributed by atoms with Crippen molar-refractivity contribution < 1.29 is 0 Å². The summed E-state index contributed by atoms with van der Waals surface area (Å²) in [7, 11) is 0. The first-order chi connectivity index (χ1) is 4.70. The smallest absolute Gasteiger partial charge is 0.0414 e. The van der Waals surface area contributed by atoms with Crippen molar-refractivity contribution in [2.45, 2.75) is 46.5 Å². The SMILES string of the molecule is [CH2]C(CC)CC(C)CCC. The zero-order valence-electron chi connectivity index (χ0n) is 7.69. The van der Waals surface area contributed by atoms with Crippen LogP contribution in [-0.2, 0) is 0 Å². The molecule has 0 aromatic heterocycles. The minimum absolute atomic E-state index is 0.682. The van der Waals surface area contributed by atoms with Gasteiger partial charge in [0.05, 0.1) is 0 Å². The third kappa shape index (κ3) is 4.84. The monoisotopic (exact) mass is 141 g/mol. The molecular weight excluding hydrogens is 120 g/mol. The van der Waals surface area contributed by atoms with Crippen molar-refractivity contribution in [2.24, 2.45) is 11.8 Å². The lowest BCUT2D eigenvalue weighted by molar-refractivity contribution is 0.409. The molecule has 0 spiro atoms. The fraction of sp³-hybridized carbons (Fsp3) is 0.900. The Bertz CT molecular complexity index is 66.4. The molecule has 0 nitrogen and oxygen atoms in total. The van der Waals surface area contributed by atoms with Gasteiger partial charge < -0.3 is 0 Å². The Labute approximate surface area is 66.0 Å². The first kappa shape index (κ1) is 10.0. The van der Waals surface area contributed by atoms with Crippen LogP contribution >= 0.6 is 0 Å². The molecule has 0 aliphatic heterocycles. The lowest BCUT2D eigenvalue weighted by Gasteiger charge is -2.14. The zero-order chi connectivity index (χ0) is 7.98. The molecule has 0 amide bonds. The van der Waals surface area contributed by atoms with Gasteiger partial charge in [-0.15, -0.1) is 0 Å². The van der Waals surface area contributed by atoms with Gasteiger partial charge in [0.25, 0.3) is 0 Å².